The average molecular weight is 341 g/mol. The molecule has 5 nitrogen and oxygen atoms in total. The minimum Gasteiger partial charge on any atom is -0.478 e. The van der Waals surface area contributed by atoms with Crippen molar-refractivity contribution in [3.05, 3.63) is 28.2 Å². The Morgan fingerprint density at radius 3 is 2.50 bits per heavy atom. The number of hydrogen-bond acceptors (Lipinski definition) is 3. The highest BCUT2D eigenvalue weighted by Gasteiger charge is 2.35. The van der Waals surface area contributed by atoms with Crippen molar-refractivity contribution in [2.75, 3.05) is 5.32 Å². The minimum atomic E-state index is -1.03. The van der Waals surface area contributed by atoms with Crippen LogP contribution in [0.5, 0.6) is 0 Å². The van der Waals surface area contributed by atoms with Crippen molar-refractivity contribution in [2.45, 2.75) is 37.6 Å². The average Bonchev–Trinajstić information content (AvgIpc) is 2.41. The summed E-state index contributed by atoms with van der Waals surface area (Å²) in [6, 6.07) is 4.50. The van der Waals surface area contributed by atoms with Crippen LogP contribution >= 0.6 is 15.9 Å². The lowest BCUT2D eigenvalue weighted by Crippen LogP contribution is -2.52. The van der Waals surface area contributed by atoms with Gasteiger partial charge in [-0.25, -0.2) is 4.79 Å². The van der Waals surface area contributed by atoms with Gasteiger partial charge in [0.1, 0.15) is 0 Å². The fourth-order valence-electron chi connectivity index (χ4n) is 2.41. The zero-order chi connectivity index (χ0) is 14.8. The van der Waals surface area contributed by atoms with Crippen molar-refractivity contribution in [3.8, 4) is 0 Å². The van der Waals surface area contributed by atoms with Crippen LogP contribution in [0, 0.1) is 0 Å². The predicted octanol–water partition coefficient (Wildman–Crippen LogP) is 2.75. The van der Waals surface area contributed by atoms with Gasteiger partial charge in [-0.3, -0.25) is 4.79 Å². The van der Waals surface area contributed by atoms with Crippen LogP contribution in [0.25, 0.3) is 0 Å². The van der Waals surface area contributed by atoms with E-state index in [-0.39, 0.29) is 11.5 Å². The number of rotatable bonds is 3. The van der Waals surface area contributed by atoms with E-state index in [1.54, 1.807) is 6.07 Å². The van der Waals surface area contributed by atoms with Crippen molar-refractivity contribution < 1.29 is 14.7 Å². The molecule has 0 spiro atoms. The SMILES string of the molecule is NC1(C(=O)Nc2cc(C(=O)O)ccc2Br)CCCCC1. The molecule has 20 heavy (non-hydrogen) atoms. The molecule has 1 aliphatic carbocycles. The molecule has 0 saturated heterocycles. The Labute approximate surface area is 125 Å². The van der Waals surface area contributed by atoms with Crippen LogP contribution < -0.4 is 11.1 Å². The zero-order valence-electron chi connectivity index (χ0n) is 11.0. The molecule has 0 unspecified atom stereocenters. The van der Waals surface area contributed by atoms with Gasteiger partial charge in [0.2, 0.25) is 5.91 Å². The number of carbonyl (C=O) groups is 2. The minimum absolute atomic E-state index is 0.123. The molecule has 0 heterocycles. The highest BCUT2D eigenvalue weighted by Crippen LogP contribution is 2.29. The van der Waals surface area contributed by atoms with Crippen molar-refractivity contribution in [3.63, 3.8) is 0 Å². The van der Waals surface area contributed by atoms with E-state index in [9.17, 15) is 9.59 Å². The van der Waals surface area contributed by atoms with Gasteiger partial charge in [-0.05, 0) is 47.0 Å². The number of carboxylic acids is 1. The molecular weight excluding hydrogens is 324 g/mol. The smallest absolute Gasteiger partial charge is 0.335 e. The number of anilines is 1. The molecule has 108 valence electrons. The first-order valence-electron chi connectivity index (χ1n) is 6.55. The standard InChI is InChI=1S/C14H17BrN2O3/c15-10-5-4-9(12(18)19)8-11(10)17-13(20)14(16)6-2-1-3-7-14/h4-5,8H,1-3,6-7,16H2,(H,17,20)(H,18,19). The second-order valence-electron chi connectivity index (χ2n) is 5.17. The van der Waals surface area contributed by atoms with Crippen LogP contribution in [0.3, 0.4) is 0 Å². The first-order valence-corrected chi connectivity index (χ1v) is 7.35. The molecule has 0 bridgehead atoms. The number of carbonyl (C=O) groups excluding carboxylic acids is 1. The zero-order valence-corrected chi connectivity index (χ0v) is 12.6. The topological polar surface area (TPSA) is 92.4 Å². The number of halogens is 1. The van der Waals surface area contributed by atoms with Crippen molar-refractivity contribution in [2.24, 2.45) is 5.73 Å². The van der Waals surface area contributed by atoms with Gasteiger partial charge in [-0.2, -0.15) is 0 Å². The molecule has 1 amide bonds. The van der Waals surface area contributed by atoms with E-state index in [2.05, 4.69) is 21.2 Å². The molecule has 0 radical (unpaired) electrons. The Hall–Kier alpha value is -1.40. The summed E-state index contributed by atoms with van der Waals surface area (Å²) in [5.41, 5.74) is 5.86. The summed E-state index contributed by atoms with van der Waals surface area (Å²) < 4.78 is 0.634. The van der Waals surface area contributed by atoms with E-state index in [4.69, 9.17) is 10.8 Å². The highest BCUT2D eigenvalue weighted by atomic mass is 79.9. The normalized spacial score (nSPS) is 17.5. The number of benzene rings is 1. The lowest BCUT2D eigenvalue weighted by atomic mass is 9.82. The van der Waals surface area contributed by atoms with Gasteiger partial charge >= 0.3 is 5.97 Å². The Morgan fingerprint density at radius 2 is 1.90 bits per heavy atom. The second kappa shape index (κ2) is 5.93. The van der Waals surface area contributed by atoms with Crippen LogP contribution in [0.15, 0.2) is 22.7 Å². The monoisotopic (exact) mass is 340 g/mol. The van der Waals surface area contributed by atoms with Crippen LogP contribution in [0.1, 0.15) is 42.5 Å². The third-order valence-corrected chi connectivity index (χ3v) is 4.35. The molecule has 6 heteroatoms. The van der Waals surface area contributed by atoms with E-state index < -0.39 is 11.5 Å². The largest absolute Gasteiger partial charge is 0.478 e. The Morgan fingerprint density at radius 1 is 1.25 bits per heavy atom. The number of carboxylic acid groups (broad SMARTS) is 1. The fraction of sp³-hybridized carbons (Fsp3) is 0.429. The molecule has 1 aliphatic rings. The van der Waals surface area contributed by atoms with E-state index in [1.165, 1.54) is 12.1 Å². The summed E-state index contributed by atoms with van der Waals surface area (Å²) in [7, 11) is 0. The number of nitrogens with one attached hydrogen (secondary N) is 1. The summed E-state index contributed by atoms with van der Waals surface area (Å²) in [6.45, 7) is 0. The number of hydrogen-bond donors (Lipinski definition) is 3. The quantitative estimate of drug-likeness (QED) is 0.788. The van der Waals surface area contributed by atoms with Crippen LogP contribution in [-0.2, 0) is 4.79 Å². The van der Waals surface area contributed by atoms with E-state index in [0.29, 0.717) is 23.0 Å². The maximum atomic E-state index is 12.3. The van der Waals surface area contributed by atoms with Gasteiger partial charge in [-0.15, -0.1) is 0 Å². The number of aromatic carboxylic acids is 1. The van der Waals surface area contributed by atoms with Gasteiger partial charge < -0.3 is 16.2 Å². The van der Waals surface area contributed by atoms with Crippen molar-refractivity contribution >= 4 is 33.5 Å². The van der Waals surface area contributed by atoms with E-state index in [0.717, 1.165) is 19.3 Å². The van der Waals surface area contributed by atoms with Crippen molar-refractivity contribution in [1.29, 1.82) is 0 Å². The lowest BCUT2D eigenvalue weighted by molar-refractivity contribution is -0.122. The predicted molar refractivity (Wildman–Crippen MR) is 79.7 cm³/mol. The summed E-state index contributed by atoms with van der Waals surface area (Å²) in [4.78, 5) is 23.3. The van der Waals surface area contributed by atoms with Gasteiger partial charge in [0.05, 0.1) is 16.8 Å². The summed E-state index contributed by atoms with van der Waals surface area (Å²) in [6.07, 6.45) is 4.31. The molecule has 0 aromatic heterocycles. The van der Waals surface area contributed by atoms with Gasteiger partial charge in [0, 0.05) is 4.47 Å². The van der Waals surface area contributed by atoms with Gasteiger partial charge in [-0.1, -0.05) is 19.3 Å². The van der Waals surface area contributed by atoms with Crippen LogP contribution in [0.4, 0.5) is 5.69 Å². The Balaban J connectivity index is 2.18. The Kier molecular flexibility index (Phi) is 4.45. The third-order valence-electron chi connectivity index (χ3n) is 3.66. The molecule has 1 aromatic rings. The first-order chi connectivity index (χ1) is 9.42. The number of nitrogens with two attached hydrogens (primary N) is 1. The van der Waals surface area contributed by atoms with E-state index in [1.807, 2.05) is 0 Å². The Bertz CT molecular complexity index is 539. The maximum absolute atomic E-state index is 12.3. The molecule has 1 fully saturated rings. The van der Waals surface area contributed by atoms with Gasteiger partial charge in [0.25, 0.3) is 0 Å². The number of amides is 1. The summed E-state index contributed by atoms with van der Waals surface area (Å²) in [5, 5.41) is 11.7. The van der Waals surface area contributed by atoms with E-state index >= 15 is 0 Å². The maximum Gasteiger partial charge on any atom is 0.335 e. The van der Waals surface area contributed by atoms with Crippen LogP contribution in [-0.4, -0.2) is 22.5 Å². The summed E-state index contributed by atoms with van der Waals surface area (Å²) >= 11 is 3.30. The van der Waals surface area contributed by atoms with Crippen molar-refractivity contribution in [1.82, 2.24) is 0 Å². The molecule has 2 rings (SSSR count). The molecule has 0 aliphatic heterocycles. The molecule has 4 N–H and O–H groups in total. The van der Waals surface area contributed by atoms with Gasteiger partial charge in [0.15, 0.2) is 0 Å². The lowest BCUT2D eigenvalue weighted by Gasteiger charge is -2.31. The molecular formula is C14H17BrN2O3. The summed E-state index contributed by atoms with van der Waals surface area (Å²) in [5.74, 6) is -1.28. The second-order valence-corrected chi connectivity index (χ2v) is 6.03. The fourth-order valence-corrected chi connectivity index (χ4v) is 2.76. The highest BCUT2D eigenvalue weighted by molar-refractivity contribution is 9.10. The van der Waals surface area contributed by atoms with Crippen LogP contribution in [0.2, 0.25) is 0 Å². The molecule has 1 saturated carbocycles. The first kappa shape index (κ1) is 15.0. The molecule has 0 atom stereocenters. The third kappa shape index (κ3) is 3.19. The molecule has 1 aromatic carbocycles.